The molecule has 0 bridgehead atoms. The third-order valence-corrected chi connectivity index (χ3v) is 3.75. The van der Waals surface area contributed by atoms with E-state index >= 15 is 0 Å². The van der Waals surface area contributed by atoms with Crippen LogP contribution in [0.15, 0.2) is 41.5 Å². The molecule has 0 saturated heterocycles. The number of thiophene rings is 1. The van der Waals surface area contributed by atoms with Gasteiger partial charge in [0.1, 0.15) is 5.69 Å². The molecule has 0 unspecified atom stereocenters. The maximum absolute atomic E-state index is 12.0. The molecule has 0 N–H and O–H groups in total. The fourth-order valence-electron chi connectivity index (χ4n) is 1.93. The molecule has 5 heteroatoms. The summed E-state index contributed by atoms with van der Waals surface area (Å²) in [5.41, 5.74) is 1.19. The first-order valence-corrected chi connectivity index (χ1v) is 6.48. The van der Waals surface area contributed by atoms with Gasteiger partial charge in [-0.3, -0.25) is 9.59 Å². The number of carbonyl (C=O) groups excluding carboxylic acids is 2. The number of nitrogens with zero attached hydrogens (tertiary/aromatic N) is 1. The van der Waals surface area contributed by atoms with Gasteiger partial charge in [-0.25, -0.2) is 4.98 Å². The van der Waals surface area contributed by atoms with Crippen LogP contribution in [-0.2, 0) is 4.74 Å². The molecule has 1 aliphatic carbocycles. The highest BCUT2D eigenvalue weighted by molar-refractivity contribution is 7.13. The van der Waals surface area contributed by atoms with Crippen molar-refractivity contribution in [1.82, 2.24) is 4.98 Å². The normalized spacial score (nSPS) is 14.1. The molecule has 0 radical (unpaired) electrons. The quantitative estimate of drug-likeness (QED) is 0.842. The Hall–Kier alpha value is -2.27. The highest BCUT2D eigenvalue weighted by Crippen LogP contribution is 2.27. The average molecular weight is 271 g/mol. The van der Waals surface area contributed by atoms with Crippen LogP contribution in [0.1, 0.15) is 20.8 Å². The molecule has 2 aromatic heterocycles. The second-order valence-corrected chi connectivity index (χ2v) is 4.92. The van der Waals surface area contributed by atoms with Gasteiger partial charge < -0.3 is 4.74 Å². The zero-order chi connectivity index (χ0) is 13.4. The van der Waals surface area contributed by atoms with Crippen LogP contribution in [-0.4, -0.2) is 23.7 Å². The summed E-state index contributed by atoms with van der Waals surface area (Å²) in [5.74, 6) is -0.546. The molecule has 19 heavy (non-hydrogen) atoms. The van der Waals surface area contributed by atoms with Crippen molar-refractivity contribution in [3.63, 3.8) is 0 Å². The SMILES string of the molecule is COC1=CC(=O)c2nc(-c3cccs3)ccc2C1=O. The lowest BCUT2D eigenvalue weighted by Crippen LogP contribution is -2.19. The van der Waals surface area contributed by atoms with E-state index in [1.807, 2.05) is 17.5 Å². The van der Waals surface area contributed by atoms with Crippen LogP contribution < -0.4 is 0 Å². The molecular weight excluding hydrogens is 262 g/mol. The number of pyridine rings is 1. The van der Waals surface area contributed by atoms with Gasteiger partial charge in [-0.15, -0.1) is 11.3 Å². The largest absolute Gasteiger partial charge is 0.492 e. The Morgan fingerprint density at radius 3 is 2.74 bits per heavy atom. The topological polar surface area (TPSA) is 56.3 Å². The van der Waals surface area contributed by atoms with Crippen LogP contribution >= 0.6 is 11.3 Å². The van der Waals surface area contributed by atoms with Crippen molar-refractivity contribution in [2.45, 2.75) is 0 Å². The van der Waals surface area contributed by atoms with Crippen molar-refractivity contribution >= 4 is 22.9 Å². The van der Waals surface area contributed by atoms with E-state index in [0.717, 1.165) is 4.88 Å². The number of hydrogen-bond acceptors (Lipinski definition) is 5. The molecule has 0 spiro atoms. The summed E-state index contributed by atoms with van der Waals surface area (Å²) < 4.78 is 4.90. The first-order valence-electron chi connectivity index (χ1n) is 5.60. The summed E-state index contributed by atoms with van der Waals surface area (Å²) in [6, 6.07) is 7.21. The lowest BCUT2D eigenvalue weighted by Gasteiger charge is -2.13. The van der Waals surface area contributed by atoms with Gasteiger partial charge in [-0.2, -0.15) is 0 Å². The summed E-state index contributed by atoms with van der Waals surface area (Å²) in [5, 5.41) is 1.94. The van der Waals surface area contributed by atoms with Crippen LogP contribution in [0.4, 0.5) is 0 Å². The second-order valence-electron chi connectivity index (χ2n) is 3.98. The molecule has 4 nitrogen and oxygen atoms in total. The van der Waals surface area contributed by atoms with Gasteiger partial charge in [0.25, 0.3) is 0 Å². The Balaban J connectivity index is 2.13. The van der Waals surface area contributed by atoms with Gasteiger partial charge >= 0.3 is 0 Å². The van der Waals surface area contributed by atoms with E-state index in [1.54, 1.807) is 12.1 Å². The molecular formula is C14H9NO3S. The molecule has 0 aromatic carbocycles. The van der Waals surface area contributed by atoms with E-state index in [4.69, 9.17) is 4.74 Å². The predicted molar refractivity (Wildman–Crippen MR) is 71.3 cm³/mol. The summed E-state index contributed by atoms with van der Waals surface area (Å²) in [6.07, 6.45) is 1.19. The molecule has 0 fully saturated rings. The third-order valence-electron chi connectivity index (χ3n) is 2.85. The van der Waals surface area contributed by atoms with Gasteiger partial charge in [0, 0.05) is 6.08 Å². The molecule has 0 aliphatic heterocycles. The number of allylic oxidation sites excluding steroid dienone is 2. The number of rotatable bonds is 2. The highest BCUT2D eigenvalue weighted by atomic mass is 32.1. The van der Waals surface area contributed by atoms with Gasteiger partial charge in [0.05, 0.1) is 23.2 Å². The smallest absolute Gasteiger partial charge is 0.229 e. The molecule has 0 saturated carbocycles. The molecule has 0 amide bonds. The fourth-order valence-corrected chi connectivity index (χ4v) is 2.62. The van der Waals surface area contributed by atoms with E-state index in [1.165, 1.54) is 24.5 Å². The number of fused-ring (bicyclic) bond motifs is 1. The number of ketones is 2. The molecule has 94 valence electrons. The number of hydrogen-bond donors (Lipinski definition) is 0. The van der Waals surface area contributed by atoms with Crippen LogP contribution in [0.2, 0.25) is 0 Å². The van der Waals surface area contributed by atoms with Gasteiger partial charge in [0.15, 0.2) is 5.76 Å². The number of Topliss-reactive ketones (excluding diaryl/α,β-unsaturated/α-hetero) is 1. The maximum Gasteiger partial charge on any atom is 0.229 e. The standard InChI is InChI=1S/C14H9NO3S/c1-18-11-7-10(16)13-8(14(11)17)4-5-9(15-13)12-3-2-6-19-12/h2-7H,1H3. The van der Waals surface area contributed by atoms with Crippen LogP contribution in [0.3, 0.4) is 0 Å². The minimum atomic E-state index is -0.303. The first kappa shape index (κ1) is 11.8. The van der Waals surface area contributed by atoms with E-state index in [9.17, 15) is 9.59 Å². The van der Waals surface area contributed by atoms with Crippen molar-refractivity contribution in [1.29, 1.82) is 0 Å². The third kappa shape index (κ3) is 1.88. The van der Waals surface area contributed by atoms with E-state index < -0.39 is 0 Å². The molecule has 1 aliphatic rings. The fraction of sp³-hybridized carbons (Fsp3) is 0.0714. The molecule has 2 heterocycles. The van der Waals surface area contributed by atoms with Crippen LogP contribution in [0.5, 0.6) is 0 Å². The number of aromatic nitrogens is 1. The Labute approximate surface area is 113 Å². The monoisotopic (exact) mass is 271 g/mol. The minimum Gasteiger partial charge on any atom is -0.492 e. The van der Waals surface area contributed by atoms with Crippen molar-refractivity contribution in [3.05, 3.63) is 52.7 Å². The van der Waals surface area contributed by atoms with Gasteiger partial charge in [-0.1, -0.05) is 6.07 Å². The summed E-state index contributed by atoms with van der Waals surface area (Å²) in [6.45, 7) is 0. The Morgan fingerprint density at radius 1 is 1.21 bits per heavy atom. The number of methoxy groups -OCH3 is 1. The number of ether oxygens (including phenoxy) is 1. The van der Waals surface area contributed by atoms with E-state index in [-0.39, 0.29) is 23.0 Å². The van der Waals surface area contributed by atoms with Gasteiger partial charge in [-0.05, 0) is 23.6 Å². The van der Waals surface area contributed by atoms with Crippen molar-refractivity contribution in [2.75, 3.05) is 7.11 Å². The van der Waals surface area contributed by atoms with E-state index in [2.05, 4.69) is 4.98 Å². The number of carbonyl (C=O) groups is 2. The Morgan fingerprint density at radius 2 is 2.05 bits per heavy atom. The Bertz CT molecular complexity index is 701. The van der Waals surface area contributed by atoms with Crippen molar-refractivity contribution in [3.8, 4) is 10.6 Å². The summed E-state index contributed by atoms with van der Waals surface area (Å²) in [4.78, 5) is 29.2. The predicted octanol–water partition coefficient (Wildman–Crippen LogP) is 2.72. The molecule has 0 atom stereocenters. The van der Waals surface area contributed by atoms with Crippen LogP contribution in [0.25, 0.3) is 10.6 Å². The summed E-state index contributed by atoms with van der Waals surface area (Å²) >= 11 is 1.53. The van der Waals surface area contributed by atoms with Crippen molar-refractivity contribution < 1.29 is 14.3 Å². The lowest BCUT2D eigenvalue weighted by molar-refractivity contribution is 0.0914. The lowest BCUT2D eigenvalue weighted by atomic mass is 9.98. The maximum atomic E-state index is 12.0. The second kappa shape index (κ2) is 4.44. The minimum absolute atomic E-state index is 0.0585. The Kier molecular flexibility index (Phi) is 2.76. The first-order chi connectivity index (χ1) is 9.20. The zero-order valence-corrected chi connectivity index (χ0v) is 10.9. The van der Waals surface area contributed by atoms with E-state index in [0.29, 0.717) is 11.3 Å². The summed E-state index contributed by atoms with van der Waals surface area (Å²) in [7, 11) is 1.37. The van der Waals surface area contributed by atoms with Gasteiger partial charge in [0.2, 0.25) is 11.6 Å². The highest BCUT2D eigenvalue weighted by Gasteiger charge is 2.28. The zero-order valence-electron chi connectivity index (χ0n) is 10.0. The van der Waals surface area contributed by atoms with Crippen molar-refractivity contribution in [2.24, 2.45) is 0 Å². The molecule has 3 rings (SSSR count). The average Bonchev–Trinajstić information content (AvgIpc) is 2.96. The molecule has 2 aromatic rings. The van der Waals surface area contributed by atoms with Crippen LogP contribution in [0, 0.1) is 0 Å².